The molecule has 3 aromatic carbocycles. The maximum absolute atomic E-state index is 12.4. The Balaban J connectivity index is 1.73. The minimum Gasteiger partial charge on any atom is -0.489 e. The molecule has 27 heavy (non-hydrogen) atoms. The van der Waals surface area contributed by atoms with Crippen LogP contribution in [0.15, 0.2) is 83.8 Å². The number of benzene rings is 3. The Morgan fingerprint density at radius 2 is 1.37 bits per heavy atom. The van der Waals surface area contributed by atoms with Crippen molar-refractivity contribution in [3.05, 3.63) is 78.9 Å². The summed E-state index contributed by atoms with van der Waals surface area (Å²) in [6, 6.07) is 23.0. The molecule has 0 unspecified atom stereocenters. The van der Waals surface area contributed by atoms with Crippen LogP contribution in [0.3, 0.4) is 0 Å². The second kappa shape index (κ2) is 8.14. The van der Waals surface area contributed by atoms with E-state index >= 15 is 0 Å². The maximum atomic E-state index is 12.4. The van der Waals surface area contributed by atoms with Crippen LogP contribution in [0.4, 0.5) is 17.1 Å². The molecule has 0 fully saturated rings. The van der Waals surface area contributed by atoms with Gasteiger partial charge in [0.2, 0.25) is 0 Å². The normalized spacial score (nSPS) is 11.2. The van der Waals surface area contributed by atoms with Gasteiger partial charge in [-0.2, -0.15) is 0 Å². The minimum absolute atomic E-state index is 0.0720. The van der Waals surface area contributed by atoms with E-state index in [9.17, 15) is 8.42 Å². The van der Waals surface area contributed by atoms with E-state index in [1.165, 1.54) is 0 Å². The van der Waals surface area contributed by atoms with Crippen LogP contribution in [0.2, 0.25) is 0 Å². The molecule has 0 aromatic heterocycles. The molecule has 0 spiro atoms. The monoisotopic (exact) mass is 382 g/mol. The maximum Gasteiger partial charge on any atom is 0.261 e. The van der Waals surface area contributed by atoms with Crippen LogP contribution in [0.25, 0.3) is 0 Å². The first-order valence-corrected chi connectivity index (χ1v) is 10.1. The first-order chi connectivity index (χ1) is 12.9. The summed E-state index contributed by atoms with van der Waals surface area (Å²) in [5.41, 5.74) is 2.18. The van der Waals surface area contributed by atoms with Gasteiger partial charge in [-0.15, -0.1) is 0 Å². The smallest absolute Gasteiger partial charge is 0.261 e. The quantitative estimate of drug-likeness (QED) is 0.602. The van der Waals surface area contributed by atoms with Crippen molar-refractivity contribution in [2.24, 2.45) is 0 Å². The highest BCUT2D eigenvalue weighted by molar-refractivity contribution is 7.92. The van der Waals surface area contributed by atoms with Crippen LogP contribution < -0.4 is 14.8 Å². The summed E-state index contributed by atoms with van der Waals surface area (Å²) in [7, 11) is -3.60. The fraction of sp³-hybridized carbons (Fsp3) is 0.143. The van der Waals surface area contributed by atoms with E-state index in [4.69, 9.17) is 4.74 Å². The number of sulfonamides is 1. The van der Waals surface area contributed by atoms with Crippen LogP contribution in [0.1, 0.15) is 13.8 Å². The van der Waals surface area contributed by atoms with Crippen molar-refractivity contribution in [3.8, 4) is 5.75 Å². The lowest BCUT2D eigenvalue weighted by Crippen LogP contribution is -2.12. The van der Waals surface area contributed by atoms with Crippen molar-refractivity contribution in [1.29, 1.82) is 0 Å². The largest absolute Gasteiger partial charge is 0.489 e. The van der Waals surface area contributed by atoms with Crippen LogP contribution in [0, 0.1) is 0 Å². The van der Waals surface area contributed by atoms with Gasteiger partial charge >= 0.3 is 0 Å². The van der Waals surface area contributed by atoms with Crippen LogP contribution in [0.5, 0.6) is 5.75 Å². The molecule has 140 valence electrons. The Morgan fingerprint density at radius 1 is 0.778 bits per heavy atom. The standard InChI is InChI=1S/C21H22N2O3S/c1-16(2)26-21-11-7-6-10-20(21)22-17-12-14-18(15-13-17)23-27(24,25)19-8-4-3-5-9-19/h3-16,22-23H,1-2H3. The minimum atomic E-state index is -3.60. The summed E-state index contributed by atoms with van der Waals surface area (Å²) in [4.78, 5) is 0.229. The molecular formula is C21H22N2O3S. The Labute approximate surface area is 160 Å². The Morgan fingerprint density at radius 3 is 2.04 bits per heavy atom. The SMILES string of the molecule is CC(C)Oc1ccccc1Nc1ccc(NS(=O)(=O)c2ccccc2)cc1. The molecule has 0 aliphatic heterocycles. The zero-order valence-electron chi connectivity index (χ0n) is 15.2. The third kappa shape index (κ3) is 5.01. The van der Waals surface area contributed by atoms with Gasteiger partial charge < -0.3 is 10.1 Å². The highest BCUT2D eigenvalue weighted by Crippen LogP contribution is 2.29. The average molecular weight is 382 g/mol. The molecule has 0 bridgehead atoms. The number of hydrogen-bond acceptors (Lipinski definition) is 4. The molecule has 0 saturated carbocycles. The number of ether oxygens (including phenoxy) is 1. The van der Waals surface area contributed by atoms with E-state index in [0.29, 0.717) is 5.69 Å². The van der Waals surface area contributed by atoms with Gasteiger partial charge in [-0.1, -0.05) is 30.3 Å². The van der Waals surface area contributed by atoms with Crippen molar-refractivity contribution < 1.29 is 13.2 Å². The zero-order valence-corrected chi connectivity index (χ0v) is 16.0. The predicted octanol–water partition coefficient (Wildman–Crippen LogP) is 5.02. The van der Waals surface area contributed by atoms with Gasteiger partial charge in [0.1, 0.15) is 5.75 Å². The number of nitrogens with one attached hydrogen (secondary N) is 2. The Hall–Kier alpha value is -2.99. The van der Waals surface area contributed by atoms with Crippen LogP contribution in [-0.2, 0) is 10.0 Å². The topological polar surface area (TPSA) is 67.4 Å². The van der Waals surface area contributed by atoms with Gasteiger partial charge in [0.05, 0.1) is 16.7 Å². The fourth-order valence-electron chi connectivity index (χ4n) is 2.52. The molecule has 0 saturated heterocycles. The van der Waals surface area contributed by atoms with E-state index in [0.717, 1.165) is 17.1 Å². The molecule has 3 rings (SSSR count). The first kappa shape index (κ1) is 18.8. The van der Waals surface area contributed by atoms with Crippen LogP contribution >= 0.6 is 0 Å². The second-order valence-electron chi connectivity index (χ2n) is 6.28. The summed E-state index contributed by atoms with van der Waals surface area (Å²) in [5.74, 6) is 0.765. The summed E-state index contributed by atoms with van der Waals surface area (Å²) < 4.78 is 33.1. The molecule has 0 radical (unpaired) electrons. The van der Waals surface area contributed by atoms with Crippen molar-refractivity contribution >= 4 is 27.1 Å². The van der Waals surface area contributed by atoms with Gasteiger partial charge in [0, 0.05) is 11.4 Å². The lowest BCUT2D eigenvalue weighted by atomic mass is 10.2. The van der Waals surface area contributed by atoms with E-state index in [1.54, 1.807) is 42.5 Å². The average Bonchev–Trinajstić information content (AvgIpc) is 2.65. The number of anilines is 3. The number of rotatable bonds is 7. The fourth-order valence-corrected chi connectivity index (χ4v) is 3.60. The van der Waals surface area contributed by atoms with Gasteiger partial charge in [0.15, 0.2) is 0 Å². The summed E-state index contributed by atoms with van der Waals surface area (Å²) in [5, 5.41) is 3.30. The second-order valence-corrected chi connectivity index (χ2v) is 7.97. The highest BCUT2D eigenvalue weighted by atomic mass is 32.2. The molecule has 5 nitrogen and oxygen atoms in total. The lowest BCUT2D eigenvalue weighted by Gasteiger charge is -2.15. The van der Waals surface area contributed by atoms with Crippen LogP contribution in [-0.4, -0.2) is 14.5 Å². The molecule has 3 aromatic rings. The highest BCUT2D eigenvalue weighted by Gasteiger charge is 2.13. The Kier molecular flexibility index (Phi) is 5.66. The molecule has 0 aliphatic rings. The number of para-hydroxylation sites is 2. The van der Waals surface area contributed by atoms with Gasteiger partial charge in [-0.25, -0.2) is 8.42 Å². The lowest BCUT2D eigenvalue weighted by molar-refractivity contribution is 0.244. The third-order valence-corrected chi connectivity index (χ3v) is 5.12. The van der Waals surface area contributed by atoms with Gasteiger partial charge in [-0.3, -0.25) is 4.72 Å². The number of hydrogen-bond donors (Lipinski definition) is 2. The molecule has 0 amide bonds. The molecule has 0 heterocycles. The molecular weight excluding hydrogens is 360 g/mol. The molecule has 0 atom stereocenters. The van der Waals surface area contributed by atoms with Gasteiger partial charge in [-0.05, 0) is 62.4 Å². The molecule has 0 aliphatic carbocycles. The summed E-state index contributed by atoms with van der Waals surface area (Å²) >= 11 is 0. The molecule has 2 N–H and O–H groups in total. The zero-order chi connectivity index (χ0) is 19.3. The predicted molar refractivity (Wildman–Crippen MR) is 109 cm³/mol. The van der Waals surface area contributed by atoms with E-state index in [2.05, 4.69) is 10.0 Å². The van der Waals surface area contributed by atoms with Crippen molar-refractivity contribution in [3.63, 3.8) is 0 Å². The van der Waals surface area contributed by atoms with Crippen molar-refractivity contribution in [2.45, 2.75) is 24.8 Å². The third-order valence-electron chi connectivity index (χ3n) is 3.72. The van der Waals surface area contributed by atoms with E-state index < -0.39 is 10.0 Å². The summed E-state index contributed by atoms with van der Waals surface area (Å²) in [6.45, 7) is 3.95. The van der Waals surface area contributed by atoms with Gasteiger partial charge in [0.25, 0.3) is 10.0 Å². The molecule has 6 heteroatoms. The van der Waals surface area contributed by atoms with E-state index in [1.807, 2.05) is 50.2 Å². The first-order valence-electron chi connectivity index (χ1n) is 8.65. The van der Waals surface area contributed by atoms with Crippen molar-refractivity contribution in [2.75, 3.05) is 10.0 Å². The van der Waals surface area contributed by atoms with Crippen molar-refractivity contribution in [1.82, 2.24) is 0 Å². The van der Waals surface area contributed by atoms with E-state index in [-0.39, 0.29) is 11.0 Å². The Bertz CT molecular complexity index is 985. The summed E-state index contributed by atoms with van der Waals surface area (Å²) in [6.07, 6.45) is 0.0720.